The Morgan fingerprint density at radius 1 is 1.64 bits per heavy atom. The first-order valence-corrected chi connectivity index (χ1v) is 2.75. The quantitative estimate of drug-likeness (QED) is 0.463. The zero-order chi connectivity index (χ0) is 9.28. The van der Waals surface area contributed by atoms with Crippen LogP contribution < -0.4 is 5.32 Å². The topological polar surface area (TPSA) is 66.4 Å². The Bertz CT molecular complexity index is 145. The molecule has 0 radical (unpaired) electrons. The van der Waals surface area contributed by atoms with Crippen molar-refractivity contribution in [3.05, 3.63) is 24.9 Å². The second-order valence-corrected chi connectivity index (χ2v) is 1.57. The predicted molar refractivity (Wildman–Crippen MR) is 41.8 cm³/mol. The molecule has 0 spiro atoms. The molecule has 0 heterocycles. The summed E-state index contributed by atoms with van der Waals surface area (Å²) < 4.78 is 0. The highest BCUT2D eigenvalue weighted by atomic mass is 16.4. The van der Waals surface area contributed by atoms with Crippen LogP contribution in [0.4, 0.5) is 0 Å². The molecular weight excluding hydrogens is 146 g/mol. The van der Waals surface area contributed by atoms with E-state index in [0.29, 0.717) is 6.41 Å². The molecule has 0 atom stereocenters. The van der Waals surface area contributed by atoms with Crippen molar-refractivity contribution in [1.82, 2.24) is 5.32 Å². The number of nitrogens with one attached hydrogen (secondary N) is 1. The maximum Gasteiger partial charge on any atom is 0.330 e. The van der Waals surface area contributed by atoms with Gasteiger partial charge >= 0.3 is 5.97 Å². The maximum absolute atomic E-state index is 9.60. The molecule has 0 aromatic heterocycles. The van der Waals surface area contributed by atoms with Crippen LogP contribution in [-0.2, 0) is 9.59 Å². The number of aliphatic carboxylic acids is 1. The highest BCUT2D eigenvalue weighted by Gasteiger charge is 1.90. The van der Waals surface area contributed by atoms with Crippen molar-refractivity contribution in [2.45, 2.75) is 6.92 Å². The summed E-state index contributed by atoms with van der Waals surface area (Å²) in [7, 11) is 0. The number of carboxylic acids is 1. The standard InChI is InChI=1S/C4H6O2.C3H5NO/c1-3(2)4(5)6;1-2-4-3-5/h1H2,2H3,(H,5,6);2-3H,1H2,(H,4,5). The molecule has 0 unspecified atom stereocenters. The molecule has 1 amide bonds. The minimum atomic E-state index is -0.935. The van der Waals surface area contributed by atoms with E-state index in [1.807, 2.05) is 0 Å². The Morgan fingerprint density at radius 2 is 2.00 bits per heavy atom. The Morgan fingerprint density at radius 3 is 2.00 bits per heavy atom. The molecule has 0 fully saturated rings. The molecule has 0 aliphatic heterocycles. The van der Waals surface area contributed by atoms with Crippen molar-refractivity contribution in [3.63, 3.8) is 0 Å². The molecule has 11 heavy (non-hydrogen) atoms. The minimum Gasteiger partial charge on any atom is -0.478 e. The number of carbonyl (C=O) groups is 2. The summed E-state index contributed by atoms with van der Waals surface area (Å²) in [5.74, 6) is -0.935. The first kappa shape index (κ1) is 12.1. The van der Waals surface area contributed by atoms with E-state index in [2.05, 4.69) is 18.5 Å². The van der Waals surface area contributed by atoms with Crippen LogP contribution in [0.15, 0.2) is 24.9 Å². The summed E-state index contributed by atoms with van der Waals surface area (Å²) in [5, 5.41) is 10.1. The summed E-state index contributed by atoms with van der Waals surface area (Å²) in [6.45, 7) is 7.81. The van der Waals surface area contributed by atoms with Crippen molar-refractivity contribution >= 4 is 12.4 Å². The number of amides is 1. The second kappa shape index (κ2) is 8.42. The molecule has 4 heteroatoms. The van der Waals surface area contributed by atoms with Crippen LogP contribution in [0.25, 0.3) is 0 Å². The monoisotopic (exact) mass is 157 g/mol. The van der Waals surface area contributed by atoms with Gasteiger partial charge in [-0.1, -0.05) is 13.2 Å². The number of hydrogen-bond donors (Lipinski definition) is 2. The van der Waals surface area contributed by atoms with Crippen LogP contribution in [0.1, 0.15) is 6.92 Å². The molecule has 0 bridgehead atoms. The average Bonchev–Trinajstić information content (AvgIpc) is 1.90. The van der Waals surface area contributed by atoms with E-state index < -0.39 is 5.97 Å². The van der Waals surface area contributed by atoms with Crippen molar-refractivity contribution < 1.29 is 14.7 Å². The van der Waals surface area contributed by atoms with Gasteiger partial charge in [-0.25, -0.2) is 4.79 Å². The molecule has 62 valence electrons. The molecule has 0 aromatic carbocycles. The Balaban J connectivity index is 0. The fourth-order valence-corrected chi connectivity index (χ4v) is 0.0481. The molecule has 0 rings (SSSR count). The van der Waals surface area contributed by atoms with Gasteiger partial charge in [0.15, 0.2) is 0 Å². The third-order valence-corrected chi connectivity index (χ3v) is 0.551. The Hall–Kier alpha value is -1.58. The van der Waals surface area contributed by atoms with Crippen molar-refractivity contribution in [3.8, 4) is 0 Å². The molecule has 0 saturated heterocycles. The normalized spacial score (nSPS) is 6.64. The highest BCUT2D eigenvalue weighted by Crippen LogP contribution is 1.81. The van der Waals surface area contributed by atoms with Gasteiger partial charge in [0, 0.05) is 5.57 Å². The van der Waals surface area contributed by atoms with Crippen molar-refractivity contribution in [2.75, 3.05) is 0 Å². The van der Waals surface area contributed by atoms with Crippen LogP contribution in [0.3, 0.4) is 0 Å². The number of carbonyl (C=O) groups excluding carboxylic acids is 1. The summed E-state index contributed by atoms with van der Waals surface area (Å²) in [5.41, 5.74) is 0.176. The van der Waals surface area contributed by atoms with Crippen LogP contribution in [0, 0.1) is 0 Å². The van der Waals surface area contributed by atoms with E-state index in [9.17, 15) is 9.59 Å². The smallest absolute Gasteiger partial charge is 0.330 e. The lowest BCUT2D eigenvalue weighted by Gasteiger charge is -1.79. The third-order valence-electron chi connectivity index (χ3n) is 0.551. The third kappa shape index (κ3) is 17.8. The zero-order valence-electron chi connectivity index (χ0n) is 6.33. The van der Waals surface area contributed by atoms with Gasteiger partial charge in [-0.15, -0.1) is 0 Å². The van der Waals surface area contributed by atoms with E-state index in [-0.39, 0.29) is 5.57 Å². The zero-order valence-corrected chi connectivity index (χ0v) is 6.33. The summed E-state index contributed by atoms with van der Waals surface area (Å²) in [6.07, 6.45) is 1.88. The predicted octanol–water partition coefficient (Wildman–Crippen LogP) is 0.523. The van der Waals surface area contributed by atoms with E-state index in [1.54, 1.807) is 0 Å². The average molecular weight is 157 g/mol. The van der Waals surface area contributed by atoms with Gasteiger partial charge in [0.1, 0.15) is 0 Å². The van der Waals surface area contributed by atoms with Gasteiger partial charge in [-0.05, 0) is 13.1 Å². The van der Waals surface area contributed by atoms with E-state index >= 15 is 0 Å². The molecular formula is C7H11NO3. The number of rotatable bonds is 3. The van der Waals surface area contributed by atoms with Crippen LogP contribution in [0.2, 0.25) is 0 Å². The van der Waals surface area contributed by atoms with Crippen molar-refractivity contribution in [1.29, 1.82) is 0 Å². The Kier molecular flexibility index (Phi) is 9.29. The van der Waals surface area contributed by atoms with Gasteiger partial charge in [0.05, 0.1) is 0 Å². The van der Waals surface area contributed by atoms with Gasteiger partial charge < -0.3 is 10.4 Å². The van der Waals surface area contributed by atoms with E-state index in [0.717, 1.165) is 0 Å². The lowest BCUT2D eigenvalue weighted by molar-refractivity contribution is -0.132. The number of hydrogen-bond acceptors (Lipinski definition) is 2. The molecule has 2 N–H and O–H groups in total. The summed E-state index contributed by atoms with van der Waals surface area (Å²) in [6, 6.07) is 0. The van der Waals surface area contributed by atoms with Gasteiger partial charge in [0.2, 0.25) is 6.41 Å². The first-order valence-electron chi connectivity index (χ1n) is 2.75. The lowest BCUT2D eigenvalue weighted by atomic mass is 10.4. The first-order chi connectivity index (χ1) is 5.06. The Labute approximate surface area is 65.2 Å². The van der Waals surface area contributed by atoms with Crippen LogP contribution in [0.5, 0.6) is 0 Å². The summed E-state index contributed by atoms with van der Waals surface area (Å²) >= 11 is 0. The lowest BCUT2D eigenvalue weighted by Crippen LogP contribution is -1.96. The molecule has 0 aliphatic rings. The highest BCUT2D eigenvalue weighted by molar-refractivity contribution is 5.84. The van der Waals surface area contributed by atoms with Gasteiger partial charge in [-0.3, -0.25) is 4.79 Å². The van der Waals surface area contributed by atoms with Crippen LogP contribution >= 0.6 is 0 Å². The molecule has 0 saturated carbocycles. The molecule has 0 aromatic rings. The van der Waals surface area contributed by atoms with E-state index in [1.165, 1.54) is 13.1 Å². The maximum atomic E-state index is 9.60. The summed E-state index contributed by atoms with van der Waals surface area (Å²) in [4.78, 5) is 18.8. The second-order valence-electron chi connectivity index (χ2n) is 1.57. The van der Waals surface area contributed by atoms with E-state index in [4.69, 9.17) is 5.11 Å². The molecule has 0 aliphatic carbocycles. The van der Waals surface area contributed by atoms with Crippen molar-refractivity contribution in [2.24, 2.45) is 0 Å². The SMILES string of the molecule is C=C(C)C(=O)O.C=CNC=O. The van der Waals surface area contributed by atoms with Gasteiger partial charge in [0.25, 0.3) is 0 Å². The largest absolute Gasteiger partial charge is 0.478 e. The fourth-order valence-electron chi connectivity index (χ4n) is 0.0481. The molecule has 4 nitrogen and oxygen atoms in total. The fraction of sp³-hybridized carbons (Fsp3) is 0.143. The van der Waals surface area contributed by atoms with Gasteiger partial charge in [-0.2, -0.15) is 0 Å². The minimum absolute atomic E-state index is 0.176. The number of carboxylic acid groups (broad SMARTS) is 1. The van der Waals surface area contributed by atoms with Crippen LogP contribution in [-0.4, -0.2) is 17.5 Å².